The van der Waals surface area contributed by atoms with Crippen molar-refractivity contribution in [1.29, 1.82) is 0 Å². The summed E-state index contributed by atoms with van der Waals surface area (Å²) in [6, 6.07) is 7.93. The first-order valence-electron chi connectivity index (χ1n) is 8.37. The minimum atomic E-state index is -0.632. The van der Waals surface area contributed by atoms with Crippen LogP contribution in [0.25, 0.3) is 0 Å². The minimum Gasteiger partial charge on any atom is -0.462 e. The van der Waals surface area contributed by atoms with Crippen LogP contribution in [0, 0.1) is 11.8 Å². The molecular weight excluding hydrogens is 308 g/mol. The van der Waals surface area contributed by atoms with Crippen molar-refractivity contribution in [3.05, 3.63) is 47.5 Å². The van der Waals surface area contributed by atoms with Gasteiger partial charge < -0.3 is 19.7 Å². The van der Waals surface area contributed by atoms with Gasteiger partial charge in [0.05, 0.1) is 25.2 Å². The maximum absolute atomic E-state index is 11.4. The van der Waals surface area contributed by atoms with Crippen molar-refractivity contribution in [3.8, 4) is 0 Å². The van der Waals surface area contributed by atoms with Crippen LogP contribution >= 0.6 is 0 Å². The molecule has 1 heterocycles. The lowest BCUT2D eigenvalue weighted by Gasteiger charge is -2.15. The van der Waals surface area contributed by atoms with Gasteiger partial charge in [-0.1, -0.05) is 36.4 Å². The lowest BCUT2D eigenvalue weighted by Crippen LogP contribution is -2.18. The van der Waals surface area contributed by atoms with Gasteiger partial charge in [-0.25, -0.2) is 0 Å². The Bertz CT molecular complexity index is 612. The maximum atomic E-state index is 11.4. The van der Waals surface area contributed by atoms with E-state index in [1.165, 1.54) is 0 Å². The average Bonchev–Trinajstić information content (AvgIpc) is 3.01. The third-order valence-corrected chi connectivity index (χ3v) is 4.88. The fraction of sp³-hybridized carbons (Fsp3) is 0.526. The molecule has 1 aliphatic heterocycles. The van der Waals surface area contributed by atoms with Gasteiger partial charge in [0.2, 0.25) is 0 Å². The van der Waals surface area contributed by atoms with E-state index in [1.807, 2.05) is 30.3 Å². The summed E-state index contributed by atoms with van der Waals surface area (Å²) in [4.78, 5) is 11.4. The van der Waals surface area contributed by atoms with E-state index in [0.29, 0.717) is 25.9 Å². The first-order chi connectivity index (χ1) is 11.6. The number of fused-ring (bicyclic) bond motifs is 1. The number of aliphatic hydroxyl groups is 2. The van der Waals surface area contributed by atoms with Crippen LogP contribution in [0.4, 0.5) is 0 Å². The number of carbonyl (C=O) groups excluding carboxylic acids is 1. The van der Waals surface area contributed by atoms with Gasteiger partial charge in [0.25, 0.3) is 0 Å². The van der Waals surface area contributed by atoms with Gasteiger partial charge in [-0.15, -0.1) is 0 Å². The molecule has 2 aliphatic rings. The summed E-state index contributed by atoms with van der Waals surface area (Å²) >= 11 is 0. The molecule has 5 nitrogen and oxygen atoms in total. The van der Waals surface area contributed by atoms with Gasteiger partial charge in [-0.2, -0.15) is 0 Å². The highest BCUT2D eigenvalue weighted by Gasteiger charge is 2.48. The standard InChI is InChI=1S/C19H24O5/c1-23-11-13-4-2-3-12(7-13)8-14(20)5-6-15-16-9-19(22)24-18(16)10-17(15)21/h2-7,14-18,20-21H,8-11H2,1H3/b6-5+/t14-,15-,16-,17-,18+/m1/s1. The van der Waals surface area contributed by atoms with Gasteiger partial charge in [-0.05, 0) is 11.1 Å². The Balaban J connectivity index is 1.60. The largest absolute Gasteiger partial charge is 0.462 e. The summed E-state index contributed by atoms with van der Waals surface area (Å²) in [5.41, 5.74) is 2.10. The molecule has 0 radical (unpaired) electrons. The molecule has 5 atom stereocenters. The molecule has 3 rings (SSSR count). The molecule has 1 aromatic rings. The number of ether oxygens (including phenoxy) is 2. The summed E-state index contributed by atoms with van der Waals surface area (Å²) < 4.78 is 10.3. The summed E-state index contributed by atoms with van der Waals surface area (Å²) in [7, 11) is 1.65. The molecule has 0 aromatic heterocycles. The maximum Gasteiger partial charge on any atom is 0.306 e. The molecule has 24 heavy (non-hydrogen) atoms. The molecule has 5 heteroatoms. The topological polar surface area (TPSA) is 76.0 Å². The highest BCUT2D eigenvalue weighted by Crippen LogP contribution is 2.42. The first-order valence-corrected chi connectivity index (χ1v) is 8.37. The van der Waals surface area contributed by atoms with Crippen molar-refractivity contribution in [2.75, 3.05) is 7.11 Å². The fourth-order valence-electron chi connectivity index (χ4n) is 3.77. The lowest BCUT2D eigenvalue weighted by atomic mass is 9.91. The van der Waals surface area contributed by atoms with Crippen molar-refractivity contribution in [3.63, 3.8) is 0 Å². The van der Waals surface area contributed by atoms with Crippen molar-refractivity contribution >= 4 is 5.97 Å². The monoisotopic (exact) mass is 332 g/mol. The average molecular weight is 332 g/mol. The zero-order chi connectivity index (χ0) is 17.1. The second kappa shape index (κ2) is 7.47. The number of hydrogen-bond acceptors (Lipinski definition) is 5. The summed E-state index contributed by atoms with van der Waals surface area (Å²) in [5.74, 6) is -0.289. The summed E-state index contributed by atoms with van der Waals surface area (Å²) in [5, 5.41) is 20.4. The molecule has 0 unspecified atom stereocenters. The van der Waals surface area contributed by atoms with E-state index in [9.17, 15) is 15.0 Å². The molecule has 0 spiro atoms. The van der Waals surface area contributed by atoms with Crippen LogP contribution in [-0.4, -0.2) is 41.6 Å². The Hall–Kier alpha value is -1.69. The number of aliphatic hydroxyl groups excluding tert-OH is 2. The second-order valence-corrected chi connectivity index (χ2v) is 6.69. The van der Waals surface area contributed by atoms with Crippen molar-refractivity contribution in [2.45, 2.75) is 44.2 Å². The molecule has 0 bridgehead atoms. The zero-order valence-corrected chi connectivity index (χ0v) is 13.8. The number of benzene rings is 1. The van der Waals surface area contributed by atoms with E-state index >= 15 is 0 Å². The Morgan fingerprint density at radius 1 is 1.42 bits per heavy atom. The molecule has 2 fully saturated rings. The number of rotatable bonds is 6. The molecule has 2 N–H and O–H groups in total. The van der Waals surface area contributed by atoms with Gasteiger partial charge in [0.15, 0.2) is 0 Å². The number of esters is 1. The van der Waals surface area contributed by atoms with Crippen LogP contribution in [-0.2, 0) is 27.3 Å². The van der Waals surface area contributed by atoms with Crippen molar-refractivity contribution in [1.82, 2.24) is 0 Å². The molecule has 130 valence electrons. The molecule has 1 aromatic carbocycles. The summed E-state index contributed by atoms with van der Waals surface area (Å²) in [6.07, 6.45) is 3.59. The first kappa shape index (κ1) is 17.1. The van der Waals surface area contributed by atoms with E-state index in [1.54, 1.807) is 13.2 Å². The van der Waals surface area contributed by atoms with E-state index in [0.717, 1.165) is 11.1 Å². The predicted octanol–water partition coefficient (Wildman–Crippen LogP) is 1.61. The van der Waals surface area contributed by atoms with E-state index < -0.39 is 12.2 Å². The van der Waals surface area contributed by atoms with Gasteiger partial charge in [0, 0.05) is 31.8 Å². The van der Waals surface area contributed by atoms with Crippen LogP contribution in [0.2, 0.25) is 0 Å². The number of hydrogen-bond donors (Lipinski definition) is 2. The highest BCUT2D eigenvalue weighted by molar-refractivity contribution is 5.72. The Kier molecular flexibility index (Phi) is 5.33. The van der Waals surface area contributed by atoms with E-state index in [4.69, 9.17) is 9.47 Å². The van der Waals surface area contributed by atoms with E-state index in [2.05, 4.69) is 0 Å². The Morgan fingerprint density at radius 2 is 2.21 bits per heavy atom. The SMILES string of the molecule is COCc1cccc(C[C@H](O)/C=C/[C@@H]2[C@H]3CC(=O)O[C@H]3C[C@H]2O)c1. The molecular formula is C19H24O5. The van der Waals surface area contributed by atoms with Gasteiger partial charge in [-0.3, -0.25) is 4.79 Å². The van der Waals surface area contributed by atoms with Crippen LogP contribution in [0.1, 0.15) is 24.0 Å². The van der Waals surface area contributed by atoms with Gasteiger partial charge >= 0.3 is 5.97 Å². The molecule has 1 saturated heterocycles. The van der Waals surface area contributed by atoms with Crippen LogP contribution in [0.15, 0.2) is 36.4 Å². The number of carbonyl (C=O) groups is 1. The lowest BCUT2D eigenvalue weighted by molar-refractivity contribution is -0.141. The molecule has 0 amide bonds. The fourth-order valence-corrected chi connectivity index (χ4v) is 3.77. The third kappa shape index (κ3) is 3.86. The smallest absolute Gasteiger partial charge is 0.306 e. The van der Waals surface area contributed by atoms with Crippen molar-refractivity contribution < 1.29 is 24.5 Å². The Morgan fingerprint density at radius 3 is 3.00 bits per heavy atom. The molecule has 1 aliphatic carbocycles. The van der Waals surface area contributed by atoms with Gasteiger partial charge in [0.1, 0.15) is 6.10 Å². The quantitative estimate of drug-likeness (QED) is 0.611. The normalized spacial score (nSPS) is 30.5. The summed E-state index contributed by atoms with van der Waals surface area (Å²) in [6.45, 7) is 0.547. The number of methoxy groups -OCH3 is 1. The van der Waals surface area contributed by atoms with Crippen LogP contribution in [0.5, 0.6) is 0 Å². The second-order valence-electron chi connectivity index (χ2n) is 6.69. The Labute approximate surface area is 141 Å². The van der Waals surface area contributed by atoms with Crippen LogP contribution < -0.4 is 0 Å². The molecule has 1 saturated carbocycles. The third-order valence-electron chi connectivity index (χ3n) is 4.88. The minimum absolute atomic E-state index is 0.0287. The predicted molar refractivity (Wildman–Crippen MR) is 88.1 cm³/mol. The van der Waals surface area contributed by atoms with Crippen molar-refractivity contribution in [2.24, 2.45) is 11.8 Å². The zero-order valence-electron chi connectivity index (χ0n) is 13.8. The highest BCUT2D eigenvalue weighted by atomic mass is 16.6. The van der Waals surface area contributed by atoms with Crippen LogP contribution in [0.3, 0.4) is 0 Å². The van der Waals surface area contributed by atoms with E-state index in [-0.39, 0.29) is 23.9 Å².